The molecule has 0 aliphatic carbocycles. The van der Waals surface area contributed by atoms with E-state index in [1.165, 1.54) is 24.1 Å². The predicted octanol–water partition coefficient (Wildman–Crippen LogP) is 4.91. The number of nitrogens with one attached hydrogen (secondary N) is 1. The molecule has 3 rings (SSSR count). The number of benzene rings is 2. The molecule has 1 aliphatic rings. The van der Waals surface area contributed by atoms with Gasteiger partial charge in [0.2, 0.25) is 0 Å². The number of hydrogen-bond acceptors (Lipinski definition) is 4. The van der Waals surface area contributed by atoms with Crippen LogP contribution in [0.5, 0.6) is 5.75 Å². The summed E-state index contributed by atoms with van der Waals surface area (Å²) in [7, 11) is 3.94. The highest BCUT2D eigenvalue weighted by atomic mass is 35.5. The van der Waals surface area contributed by atoms with E-state index < -0.39 is 0 Å². The van der Waals surface area contributed by atoms with Gasteiger partial charge in [0, 0.05) is 29.6 Å². The van der Waals surface area contributed by atoms with Gasteiger partial charge >= 0.3 is 0 Å². The third kappa shape index (κ3) is 6.41. The average molecular weight is 419 g/mol. The molecule has 2 aromatic carbocycles. The summed E-state index contributed by atoms with van der Waals surface area (Å²) >= 11 is 8.05. The van der Waals surface area contributed by atoms with Crippen LogP contribution in [0.2, 0.25) is 5.02 Å². The van der Waals surface area contributed by atoms with Crippen molar-refractivity contribution in [1.82, 2.24) is 10.2 Å². The van der Waals surface area contributed by atoms with Gasteiger partial charge in [0.15, 0.2) is 0 Å². The van der Waals surface area contributed by atoms with E-state index in [0.717, 1.165) is 41.9 Å². The Kier molecular flexibility index (Phi) is 8.53. The smallest absolute Gasteiger partial charge is 0.118 e. The summed E-state index contributed by atoms with van der Waals surface area (Å²) in [5.41, 5.74) is 2.78. The molecule has 0 aromatic heterocycles. The standard InChI is InChI=1S/C23H31ClN2OS/c1-26-13-11-23(19-5-7-21(24)8-6-19)20(16-26)15-25-12-14-28-17-18-3-9-22(27-2)10-4-18/h3-10,20,23,25H,11-17H2,1-2H3/t20-,23?/m1/s1. The van der Waals surface area contributed by atoms with Crippen LogP contribution in [0.15, 0.2) is 48.5 Å². The van der Waals surface area contributed by atoms with E-state index in [1.807, 2.05) is 36.0 Å². The first-order valence-corrected chi connectivity index (χ1v) is 11.5. The lowest BCUT2D eigenvalue weighted by Crippen LogP contribution is -2.42. The van der Waals surface area contributed by atoms with Gasteiger partial charge in [0.05, 0.1) is 7.11 Å². The molecule has 1 heterocycles. The van der Waals surface area contributed by atoms with E-state index in [4.69, 9.17) is 16.3 Å². The van der Waals surface area contributed by atoms with Crippen LogP contribution in [-0.4, -0.2) is 51.0 Å². The van der Waals surface area contributed by atoms with Crippen molar-refractivity contribution in [2.75, 3.05) is 46.1 Å². The summed E-state index contributed by atoms with van der Waals surface area (Å²) in [6, 6.07) is 16.8. The van der Waals surface area contributed by atoms with Crippen LogP contribution in [-0.2, 0) is 5.75 Å². The number of methoxy groups -OCH3 is 1. The number of nitrogens with zero attached hydrogens (tertiary/aromatic N) is 1. The average Bonchev–Trinajstić information content (AvgIpc) is 2.72. The van der Waals surface area contributed by atoms with Gasteiger partial charge in [-0.3, -0.25) is 0 Å². The summed E-state index contributed by atoms with van der Waals surface area (Å²) in [6.45, 7) is 4.44. The first-order chi connectivity index (χ1) is 13.7. The maximum absolute atomic E-state index is 6.07. The van der Waals surface area contributed by atoms with Gasteiger partial charge in [-0.2, -0.15) is 11.8 Å². The number of ether oxygens (including phenoxy) is 1. The normalized spacial score (nSPS) is 20.2. The Hall–Kier alpha value is -1.20. The second kappa shape index (κ2) is 11.1. The van der Waals surface area contributed by atoms with Crippen LogP contribution < -0.4 is 10.1 Å². The molecule has 2 atom stereocenters. The Morgan fingerprint density at radius 1 is 1.14 bits per heavy atom. The molecule has 5 heteroatoms. The van der Waals surface area contributed by atoms with Crippen molar-refractivity contribution in [3.63, 3.8) is 0 Å². The van der Waals surface area contributed by atoms with Crippen LogP contribution in [0.4, 0.5) is 0 Å². The molecule has 0 amide bonds. The zero-order valence-electron chi connectivity index (χ0n) is 16.9. The third-order valence-corrected chi connectivity index (χ3v) is 6.77. The molecule has 0 radical (unpaired) electrons. The highest BCUT2D eigenvalue weighted by molar-refractivity contribution is 7.98. The number of hydrogen-bond donors (Lipinski definition) is 1. The Bertz CT molecular complexity index is 708. The van der Waals surface area contributed by atoms with E-state index >= 15 is 0 Å². The third-order valence-electron chi connectivity index (χ3n) is 5.49. The Morgan fingerprint density at radius 3 is 2.61 bits per heavy atom. The van der Waals surface area contributed by atoms with Gasteiger partial charge in [-0.25, -0.2) is 0 Å². The molecule has 28 heavy (non-hydrogen) atoms. The first kappa shape index (κ1) is 21.5. The Labute approximate surface area is 178 Å². The van der Waals surface area contributed by atoms with Gasteiger partial charge in [0.1, 0.15) is 5.75 Å². The van der Waals surface area contributed by atoms with Crippen LogP contribution in [0.3, 0.4) is 0 Å². The molecular formula is C23H31ClN2OS. The van der Waals surface area contributed by atoms with Crippen LogP contribution in [0.1, 0.15) is 23.5 Å². The number of thioether (sulfide) groups is 1. The Morgan fingerprint density at radius 2 is 1.89 bits per heavy atom. The topological polar surface area (TPSA) is 24.5 Å². The lowest BCUT2D eigenvalue weighted by atomic mass is 9.80. The molecule has 1 saturated heterocycles. The van der Waals surface area contributed by atoms with Gasteiger partial charge in [-0.05, 0) is 73.8 Å². The van der Waals surface area contributed by atoms with Gasteiger partial charge in [-0.15, -0.1) is 0 Å². The minimum absolute atomic E-state index is 0.618. The molecule has 1 N–H and O–H groups in total. The minimum Gasteiger partial charge on any atom is -0.497 e. The number of piperidine rings is 1. The van der Waals surface area contributed by atoms with Crippen molar-refractivity contribution in [1.29, 1.82) is 0 Å². The predicted molar refractivity (Wildman–Crippen MR) is 122 cm³/mol. The van der Waals surface area contributed by atoms with Crippen molar-refractivity contribution >= 4 is 23.4 Å². The fourth-order valence-corrected chi connectivity index (χ4v) is 4.90. The summed E-state index contributed by atoms with van der Waals surface area (Å²) in [5.74, 6) is 4.35. The quantitative estimate of drug-likeness (QED) is 0.585. The van der Waals surface area contributed by atoms with Gasteiger partial charge < -0.3 is 15.0 Å². The zero-order chi connectivity index (χ0) is 19.8. The van der Waals surface area contributed by atoms with Crippen molar-refractivity contribution in [3.05, 3.63) is 64.7 Å². The van der Waals surface area contributed by atoms with Crippen LogP contribution >= 0.6 is 23.4 Å². The summed E-state index contributed by atoms with van der Waals surface area (Å²) < 4.78 is 5.21. The SMILES string of the molecule is COc1ccc(CSCCNC[C@@H]2CN(C)CCC2c2ccc(Cl)cc2)cc1. The van der Waals surface area contributed by atoms with Crippen molar-refractivity contribution < 1.29 is 4.74 Å². The summed E-state index contributed by atoms with van der Waals surface area (Å²) in [6.07, 6.45) is 1.22. The van der Waals surface area contributed by atoms with E-state index in [2.05, 4.69) is 41.5 Å². The number of rotatable bonds is 9. The lowest BCUT2D eigenvalue weighted by Gasteiger charge is -2.37. The minimum atomic E-state index is 0.618. The molecule has 2 aromatic rings. The van der Waals surface area contributed by atoms with E-state index in [9.17, 15) is 0 Å². The molecule has 152 valence electrons. The highest BCUT2D eigenvalue weighted by Crippen LogP contribution is 2.32. The number of halogens is 1. The van der Waals surface area contributed by atoms with E-state index in [0.29, 0.717) is 11.8 Å². The van der Waals surface area contributed by atoms with Crippen LogP contribution in [0.25, 0.3) is 0 Å². The Balaban J connectivity index is 1.40. The largest absolute Gasteiger partial charge is 0.497 e. The maximum atomic E-state index is 6.07. The van der Waals surface area contributed by atoms with Crippen molar-refractivity contribution in [3.8, 4) is 5.75 Å². The molecule has 3 nitrogen and oxygen atoms in total. The summed E-state index contributed by atoms with van der Waals surface area (Å²) in [5, 5.41) is 4.52. The molecule has 1 unspecified atom stereocenters. The molecule has 0 bridgehead atoms. The maximum Gasteiger partial charge on any atom is 0.118 e. The fraction of sp³-hybridized carbons (Fsp3) is 0.478. The van der Waals surface area contributed by atoms with Gasteiger partial charge in [0.25, 0.3) is 0 Å². The molecular weight excluding hydrogens is 388 g/mol. The monoisotopic (exact) mass is 418 g/mol. The lowest BCUT2D eigenvalue weighted by molar-refractivity contribution is 0.181. The molecule has 1 aliphatic heterocycles. The van der Waals surface area contributed by atoms with Crippen LogP contribution in [0, 0.1) is 5.92 Å². The second-order valence-corrected chi connectivity index (χ2v) is 9.12. The molecule has 0 spiro atoms. The van der Waals surface area contributed by atoms with Gasteiger partial charge in [-0.1, -0.05) is 35.9 Å². The second-order valence-electron chi connectivity index (χ2n) is 7.57. The van der Waals surface area contributed by atoms with Crippen molar-refractivity contribution in [2.45, 2.75) is 18.1 Å². The summed E-state index contributed by atoms with van der Waals surface area (Å²) in [4.78, 5) is 2.46. The first-order valence-electron chi connectivity index (χ1n) is 10.0. The van der Waals surface area contributed by atoms with Crippen molar-refractivity contribution in [2.24, 2.45) is 5.92 Å². The molecule has 1 fully saturated rings. The number of likely N-dealkylation sites (tertiary alicyclic amines) is 1. The highest BCUT2D eigenvalue weighted by Gasteiger charge is 2.28. The fourth-order valence-electron chi connectivity index (χ4n) is 3.91. The van der Waals surface area contributed by atoms with E-state index in [-0.39, 0.29) is 0 Å². The zero-order valence-corrected chi connectivity index (χ0v) is 18.4. The molecule has 0 saturated carbocycles. The van der Waals surface area contributed by atoms with E-state index in [1.54, 1.807) is 7.11 Å².